The number of aromatic nitrogens is 2. The molecule has 1 aliphatic heterocycles. The van der Waals surface area contributed by atoms with E-state index in [2.05, 4.69) is 27.8 Å². The van der Waals surface area contributed by atoms with Gasteiger partial charge in [-0.2, -0.15) is 5.10 Å². The van der Waals surface area contributed by atoms with Crippen LogP contribution in [0.1, 0.15) is 30.3 Å². The molecule has 0 radical (unpaired) electrons. The van der Waals surface area contributed by atoms with Crippen LogP contribution in [0.3, 0.4) is 0 Å². The fraction of sp³-hybridized carbons (Fsp3) is 0.429. The van der Waals surface area contributed by atoms with Crippen LogP contribution < -0.4 is 10.6 Å². The van der Waals surface area contributed by atoms with Crippen molar-refractivity contribution in [3.05, 3.63) is 29.3 Å². The van der Waals surface area contributed by atoms with Crippen LogP contribution in [-0.2, 0) is 0 Å². The molecule has 3 heterocycles. The summed E-state index contributed by atoms with van der Waals surface area (Å²) in [5.74, 6) is -0.107. The fourth-order valence-electron chi connectivity index (χ4n) is 2.48. The van der Waals surface area contributed by atoms with Gasteiger partial charge in [0.05, 0.1) is 10.6 Å². The summed E-state index contributed by atoms with van der Waals surface area (Å²) in [4.78, 5) is 13.3. The van der Waals surface area contributed by atoms with Crippen molar-refractivity contribution in [2.24, 2.45) is 0 Å². The second-order valence-electron chi connectivity index (χ2n) is 5.11. The van der Waals surface area contributed by atoms with Gasteiger partial charge in [0.2, 0.25) is 0 Å². The highest BCUT2D eigenvalue weighted by molar-refractivity contribution is 7.13. The van der Waals surface area contributed by atoms with Crippen molar-refractivity contribution in [1.82, 2.24) is 20.8 Å². The summed E-state index contributed by atoms with van der Waals surface area (Å²) >= 11 is 1.62. The molecule has 0 spiro atoms. The standard InChI is InChI=1S/C14H18N4OS/c1-9-10(4-2-6-15-9)16-14(19)12-8-11(17-18-12)13-5-3-7-20-13/h3,5,7-10,15H,2,4,6H2,1H3,(H,16,19)(H,17,18). The number of hydrogen-bond donors (Lipinski definition) is 3. The predicted octanol–water partition coefficient (Wildman–Crippen LogP) is 2.01. The zero-order valence-electron chi connectivity index (χ0n) is 11.3. The number of thiophene rings is 1. The summed E-state index contributed by atoms with van der Waals surface area (Å²) in [6.07, 6.45) is 2.11. The minimum Gasteiger partial charge on any atom is -0.346 e. The van der Waals surface area contributed by atoms with Crippen LogP contribution >= 0.6 is 11.3 Å². The molecule has 0 bridgehead atoms. The van der Waals surface area contributed by atoms with Crippen LogP contribution in [0.25, 0.3) is 10.6 Å². The number of H-pyrrole nitrogens is 1. The second-order valence-corrected chi connectivity index (χ2v) is 6.06. The highest BCUT2D eigenvalue weighted by Gasteiger charge is 2.23. The van der Waals surface area contributed by atoms with E-state index in [0.717, 1.165) is 30.0 Å². The molecule has 1 fully saturated rings. The molecule has 0 aliphatic carbocycles. The molecule has 6 heteroatoms. The van der Waals surface area contributed by atoms with Gasteiger partial charge in [0.25, 0.3) is 5.91 Å². The number of rotatable bonds is 3. The van der Waals surface area contributed by atoms with Gasteiger partial charge in [-0.25, -0.2) is 0 Å². The molecule has 0 aromatic carbocycles. The fourth-order valence-corrected chi connectivity index (χ4v) is 3.17. The summed E-state index contributed by atoms with van der Waals surface area (Å²) in [5, 5.41) is 15.5. The zero-order chi connectivity index (χ0) is 13.9. The number of carbonyl (C=O) groups is 1. The lowest BCUT2D eigenvalue weighted by atomic mass is 10.00. The first-order valence-electron chi connectivity index (χ1n) is 6.87. The number of hydrogen-bond acceptors (Lipinski definition) is 4. The molecule has 20 heavy (non-hydrogen) atoms. The van der Waals surface area contributed by atoms with Gasteiger partial charge in [0.15, 0.2) is 5.69 Å². The predicted molar refractivity (Wildman–Crippen MR) is 79.9 cm³/mol. The Balaban J connectivity index is 1.68. The summed E-state index contributed by atoms with van der Waals surface area (Å²) in [7, 11) is 0. The minimum atomic E-state index is -0.107. The Kier molecular flexibility index (Phi) is 3.84. The average molecular weight is 290 g/mol. The molecule has 1 aliphatic rings. The summed E-state index contributed by atoms with van der Waals surface area (Å²) < 4.78 is 0. The first-order valence-corrected chi connectivity index (χ1v) is 7.75. The van der Waals surface area contributed by atoms with E-state index >= 15 is 0 Å². The molecule has 106 valence electrons. The molecular weight excluding hydrogens is 272 g/mol. The monoisotopic (exact) mass is 290 g/mol. The van der Waals surface area contributed by atoms with Gasteiger partial charge in [-0.15, -0.1) is 11.3 Å². The van der Waals surface area contributed by atoms with Gasteiger partial charge in [0, 0.05) is 12.1 Å². The lowest BCUT2D eigenvalue weighted by Gasteiger charge is -2.30. The topological polar surface area (TPSA) is 69.8 Å². The van der Waals surface area contributed by atoms with Gasteiger partial charge in [-0.1, -0.05) is 6.07 Å². The number of piperidine rings is 1. The molecule has 5 nitrogen and oxygen atoms in total. The van der Waals surface area contributed by atoms with Gasteiger partial charge in [-0.05, 0) is 43.8 Å². The molecule has 3 N–H and O–H groups in total. The van der Waals surface area contributed by atoms with Crippen LogP contribution in [0.5, 0.6) is 0 Å². The van der Waals surface area contributed by atoms with E-state index in [-0.39, 0.29) is 11.9 Å². The summed E-state index contributed by atoms with van der Waals surface area (Å²) in [6.45, 7) is 3.13. The van der Waals surface area contributed by atoms with Crippen LogP contribution in [-0.4, -0.2) is 34.7 Å². The number of carbonyl (C=O) groups excluding carboxylic acids is 1. The van der Waals surface area contributed by atoms with Crippen LogP contribution in [0, 0.1) is 0 Å². The van der Waals surface area contributed by atoms with Gasteiger partial charge >= 0.3 is 0 Å². The van der Waals surface area contributed by atoms with E-state index in [1.54, 1.807) is 11.3 Å². The van der Waals surface area contributed by atoms with Gasteiger partial charge in [-0.3, -0.25) is 9.89 Å². The van der Waals surface area contributed by atoms with E-state index < -0.39 is 0 Å². The molecule has 2 unspecified atom stereocenters. The largest absolute Gasteiger partial charge is 0.346 e. The van der Waals surface area contributed by atoms with Crippen molar-refractivity contribution >= 4 is 17.2 Å². The van der Waals surface area contributed by atoms with Crippen LogP contribution in [0.2, 0.25) is 0 Å². The second kappa shape index (κ2) is 5.76. The van der Waals surface area contributed by atoms with E-state index in [0.29, 0.717) is 11.7 Å². The SMILES string of the molecule is CC1NCCCC1NC(=O)c1cc(-c2cccs2)[nH]n1. The van der Waals surface area contributed by atoms with Crippen molar-refractivity contribution in [3.8, 4) is 10.6 Å². The first-order chi connectivity index (χ1) is 9.74. The lowest BCUT2D eigenvalue weighted by Crippen LogP contribution is -2.51. The lowest BCUT2D eigenvalue weighted by molar-refractivity contribution is 0.0914. The third-order valence-electron chi connectivity index (χ3n) is 3.68. The minimum absolute atomic E-state index is 0.107. The van der Waals surface area contributed by atoms with Crippen molar-refractivity contribution in [2.75, 3.05) is 6.54 Å². The van der Waals surface area contributed by atoms with E-state index in [4.69, 9.17) is 0 Å². The smallest absolute Gasteiger partial charge is 0.272 e. The Morgan fingerprint density at radius 1 is 1.55 bits per heavy atom. The molecule has 2 atom stereocenters. The Bertz CT molecular complexity index is 578. The maximum Gasteiger partial charge on any atom is 0.272 e. The van der Waals surface area contributed by atoms with E-state index in [1.165, 1.54) is 0 Å². The molecule has 0 saturated carbocycles. The summed E-state index contributed by atoms with van der Waals surface area (Å²) in [6, 6.07) is 6.28. The average Bonchev–Trinajstić information content (AvgIpc) is 3.11. The Morgan fingerprint density at radius 2 is 2.45 bits per heavy atom. The van der Waals surface area contributed by atoms with E-state index in [1.807, 2.05) is 23.6 Å². The zero-order valence-corrected chi connectivity index (χ0v) is 12.2. The molecule has 1 amide bonds. The number of nitrogens with zero attached hydrogens (tertiary/aromatic N) is 1. The van der Waals surface area contributed by atoms with Crippen molar-refractivity contribution in [2.45, 2.75) is 31.8 Å². The van der Waals surface area contributed by atoms with Crippen molar-refractivity contribution in [1.29, 1.82) is 0 Å². The summed E-state index contributed by atoms with van der Waals surface area (Å²) in [5.41, 5.74) is 1.34. The Hall–Kier alpha value is -1.66. The van der Waals surface area contributed by atoms with Crippen molar-refractivity contribution < 1.29 is 4.79 Å². The maximum atomic E-state index is 12.2. The van der Waals surface area contributed by atoms with Crippen molar-refractivity contribution in [3.63, 3.8) is 0 Å². The number of aromatic amines is 1. The molecule has 1 saturated heterocycles. The van der Waals surface area contributed by atoms with E-state index in [9.17, 15) is 4.79 Å². The van der Waals surface area contributed by atoms with Gasteiger partial charge < -0.3 is 10.6 Å². The molecule has 2 aromatic rings. The quantitative estimate of drug-likeness (QED) is 0.810. The third kappa shape index (κ3) is 2.76. The third-order valence-corrected chi connectivity index (χ3v) is 4.58. The number of amides is 1. The molecule has 3 rings (SSSR count). The molecular formula is C14H18N4OS. The van der Waals surface area contributed by atoms with Crippen LogP contribution in [0.4, 0.5) is 0 Å². The highest BCUT2D eigenvalue weighted by atomic mass is 32.1. The van der Waals surface area contributed by atoms with Gasteiger partial charge in [0.1, 0.15) is 0 Å². The first kappa shape index (κ1) is 13.3. The maximum absolute atomic E-state index is 12.2. The highest BCUT2D eigenvalue weighted by Crippen LogP contribution is 2.23. The number of nitrogens with one attached hydrogen (secondary N) is 3. The van der Waals surface area contributed by atoms with Crippen LogP contribution in [0.15, 0.2) is 23.6 Å². The Labute approximate surface area is 121 Å². The molecule has 2 aromatic heterocycles. The Morgan fingerprint density at radius 3 is 3.20 bits per heavy atom. The normalized spacial score (nSPS) is 22.6.